The van der Waals surface area contributed by atoms with Crippen molar-refractivity contribution in [1.82, 2.24) is 15.1 Å². The van der Waals surface area contributed by atoms with E-state index in [1.165, 1.54) is 7.11 Å². The zero-order valence-corrected chi connectivity index (χ0v) is 21.0. The fourth-order valence-electron chi connectivity index (χ4n) is 4.00. The molecule has 3 rings (SSSR count). The van der Waals surface area contributed by atoms with Crippen LogP contribution in [0.15, 0.2) is 29.3 Å². The summed E-state index contributed by atoms with van der Waals surface area (Å²) in [4.78, 5) is 20.9. The summed E-state index contributed by atoms with van der Waals surface area (Å²) in [6.45, 7) is 9.14. The normalized spacial score (nSPS) is 22.0. The Hall–Kier alpha value is -1.59. The monoisotopic (exact) mass is 546 g/mol. The minimum absolute atomic E-state index is 0. The summed E-state index contributed by atoms with van der Waals surface area (Å²) in [7, 11) is 3.21. The van der Waals surface area contributed by atoms with Crippen LogP contribution in [0.1, 0.15) is 12.5 Å². The lowest BCUT2D eigenvalue weighted by molar-refractivity contribution is -0.145. The van der Waals surface area contributed by atoms with E-state index in [4.69, 9.17) is 14.2 Å². The van der Waals surface area contributed by atoms with Crippen LogP contribution in [-0.4, -0.2) is 88.4 Å². The molecule has 2 fully saturated rings. The molecule has 2 heterocycles. The van der Waals surface area contributed by atoms with Crippen molar-refractivity contribution in [1.29, 1.82) is 0 Å². The summed E-state index contributed by atoms with van der Waals surface area (Å²) in [6.07, 6.45) is 0. The fourth-order valence-corrected chi connectivity index (χ4v) is 4.00. The number of morpholine rings is 1. The smallest absolute Gasteiger partial charge is 0.310 e. The van der Waals surface area contributed by atoms with Crippen molar-refractivity contribution in [2.24, 2.45) is 16.8 Å². The average molecular weight is 546 g/mol. The lowest BCUT2D eigenvalue weighted by Crippen LogP contribution is -2.40. The van der Waals surface area contributed by atoms with Crippen LogP contribution in [0, 0.1) is 11.8 Å². The van der Waals surface area contributed by atoms with Gasteiger partial charge in [0.2, 0.25) is 0 Å². The molecule has 0 aliphatic carbocycles. The quantitative estimate of drug-likeness (QED) is 0.242. The minimum atomic E-state index is -0.153. The number of guanidine groups is 1. The van der Waals surface area contributed by atoms with Crippen molar-refractivity contribution in [3.05, 3.63) is 29.8 Å². The van der Waals surface area contributed by atoms with E-state index in [2.05, 4.69) is 33.1 Å². The van der Waals surface area contributed by atoms with Gasteiger partial charge >= 0.3 is 5.97 Å². The molecule has 2 aliphatic heterocycles. The number of ether oxygens (including phenoxy) is 3. The molecule has 0 aromatic heterocycles. The number of para-hydroxylation sites is 1. The SMILES string of the molecule is CN=C(NCc1ccccc1OCCN1CCOCC1)N1CC(C)C(C(=O)OC)C1.I. The highest BCUT2D eigenvalue weighted by atomic mass is 127. The number of esters is 1. The summed E-state index contributed by atoms with van der Waals surface area (Å²) < 4.78 is 16.4. The highest BCUT2D eigenvalue weighted by Crippen LogP contribution is 2.24. The predicted molar refractivity (Wildman–Crippen MR) is 131 cm³/mol. The molecule has 0 bridgehead atoms. The van der Waals surface area contributed by atoms with Crippen molar-refractivity contribution in [3.63, 3.8) is 0 Å². The summed E-state index contributed by atoms with van der Waals surface area (Å²) in [5, 5.41) is 3.42. The number of methoxy groups -OCH3 is 1. The second-order valence-corrected chi connectivity index (χ2v) is 7.82. The largest absolute Gasteiger partial charge is 0.492 e. The Kier molecular flexibility index (Phi) is 10.8. The van der Waals surface area contributed by atoms with E-state index in [9.17, 15) is 4.79 Å². The predicted octanol–water partition coefficient (Wildman–Crippen LogP) is 1.83. The molecule has 0 spiro atoms. The molecule has 31 heavy (non-hydrogen) atoms. The van der Waals surface area contributed by atoms with Crippen LogP contribution in [0.4, 0.5) is 0 Å². The second kappa shape index (κ2) is 13.1. The molecule has 9 heteroatoms. The molecular formula is C22H35IN4O4. The van der Waals surface area contributed by atoms with E-state index in [1.54, 1.807) is 7.05 Å². The molecule has 2 atom stereocenters. The highest BCUT2D eigenvalue weighted by molar-refractivity contribution is 14.0. The molecule has 174 valence electrons. The van der Waals surface area contributed by atoms with Gasteiger partial charge in [0, 0.05) is 51.9 Å². The molecule has 2 saturated heterocycles. The molecule has 1 aromatic rings. The third-order valence-electron chi connectivity index (χ3n) is 5.81. The average Bonchev–Trinajstić information content (AvgIpc) is 3.16. The standard InChI is InChI=1S/C22H34N4O4.HI/c1-17-15-26(16-19(17)21(27)28-3)22(23-2)24-14-18-6-4-5-7-20(18)30-13-10-25-8-11-29-12-9-25;/h4-7,17,19H,8-16H2,1-3H3,(H,23,24);1H. The van der Waals surface area contributed by atoms with Gasteiger partial charge in [-0.3, -0.25) is 14.7 Å². The molecule has 2 unspecified atom stereocenters. The zero-order valence-electron chi connectivity index (χ0n) is 18.7. The molecular weight excluding hydrogens is 511 g/mol. The van der Waals surface area contributed by atoms with E-state index < -0.39 is 0 Å². The van der Waals surface area contributed by atoms with E-state index in [-0.39, 0.29) is 41.8 Å². The molecule has 0 amide bonds. The van der Waals surface area contributed by atoms with Crippen LogP contribution in [0.25, 0.3) is 0 Å². The van der Waals surface area contributed by atoms with Crippen LogP contribution in [0.3, 0.4) is 0 Å². The first-order valence-corrected chi connectivity index (χ1v) is 10.7. The van der Waals surface area contributed by atoms with Crippen molar-refractivity contribution < 1.29 is 19.0 Å². The summed E-state index contributed by atoms with van der Waals surface area (Å²) in [6, 6.07) is 8.07. The van der Waals surface area contributed by atoms with Crippen molar-refractivity contribution in [2.75, 3.05) is 66.7 Å². The Bertz CT molecular complexity index is 727. The first-order chi connectivity index (χ1) is 14.6. The number of carbonyl (C=O) groups excluding carboxylic acids is 1. The number of nitrogens with zero attached hydrogens (tertiary/aromatic N) is 3. The van der Waals surface area contributed by atoms with Crippen molar-refractivity contribution in [3.8, 4) is 5.75 Å². The number of carbonyl (C=O) groups is 1. The zero-order chi connectivity index (χ0) is 21.3. The van der Waals surface area contributed by atoms with Gasteiger partial charge in [-0.05, 0) is 12.0 Å². The molecule has 8 nitrogen and oxygen atoms in total. The van der Waals surface area contributed by atoms with Gasteiger partial charge in [0.1, 0.15) is 12.4 Å². The summed E-state index contributed by atoms with van der Waals surface area (Å²) in [5.74, 6) is 1.63. The maximum atomic E-state index is 12.0. The number of benzene rings is 1. The number of likely N-dealkylation sites (tertiary alicyclic amines) is 1. The maximum Gasteiger partial charge on any atom is 0.310 e. The maximum absolute atomic E-state index is 12.0. The summed E-state index contributed by atoms with van der Waals surface area (Å²) >= 11 is 0. The van der Waals surface area contributed by atoms with E-state index in [1.807, 2.05) is 18.2 Å². The van der Waals surface area contributed by atoms with Gasteiger partial charge < -0.3 is 24.4 Å². The van der Waals surface area contributed by atoms with Gasteiger partial charge in [-0.1, -0.05) is 25.1 Å². The second-order valence-electron chi connectivity index (χ2n) is 7.82. The molecule has 2 aliphatic rings. The van der Waals surface area contributed by atoms with Gasteiger partial charge in [0.25, 0.3) is 0 Å². The van der Waals surface area contributed by atoms with E-state index in [0.717, 1.165) is 56.7 Å². The van der Waals surface area contributed by atoms with Crippen LogP contribution < -0.4 is 10.1 Å². The lowest BCUT2D eigenvalue weighted by atomic mass is 9.99. The fraction of sp³-hybridized carbons (Fsp3) is 0.636. The topological polar surface area (TPSA) is 75.6 Å². The number of halogens is 1. The Morgan fingerprint density at radius 3 is 2.71 bits per heavy atom. The van der Waals surface area contributed by atoms with Crippen LogP contribution in [0.5, 0.6) is 5.75 Å². The van der Waals surface area contributed by atoms with Gasteiger partial charge in [-0.2, -0.15) is 0 Å². The Balaban J connectivity index is 0.00000341. The van der Waals surface area contributed by atoms with Crippen LogP contribution in [0.2, 0.25) is 0 Å². The number of nitrogens with one attached hydrogen (secondary N) is 1. The third-order valence-corrected chi connectivity index (χ3v) is 5.81. The Morgan fingerprint density at radius 1 is 1.26 bits per heavy atom. The number of rotatable bonds is 7. The Labute approximate surface area is 202 Å². The van der Waals surface area contributed by atoms with Crippen molar-refractivity contribution >= 4 is 35.9 Å². The summed E-state index contributed by atoms with van der Waals surface area (Å²) in [5.41, 5.74) is 1.08. The van der Waals surface area contributed by atoms with E-state index in [0.29, 0.717) is 19.7 Å². The van der Waals surface area contributed by atoms with Gasteiger partial charge in [-0.25, -0.2) is 0 Å². The van der Waals surface area contributed by atoms with Gasteiger partial charge in [0.05, 0.1) is 26.2 Å². The first-order valence-electron chi connectivity index (χ1n) is 10.7. The first kappa shape index (κ1) is 25.7. The lowest BCUT2D eigenvalue weighted by Gasteiger charge is -2.26. The number of hydrogen-bond donors (Lipinski definition) is 1. The molecule has 0 radical (unpaired) electrons. The number of hydrogen-bond acceptors (Lipinski definition) is 6. The molecule has 1 N–H and O–H groups in total. The Morgan fingerprint density at radius 2 is 2.00 bits per heavy atom. The van der Waals surface area contributed by atoms with Crippen LogP contribution >= 0.6 is 24.0 Å². The van der Waals surface area contributed by atoms with Gasteiger partial charge in [0.15, 0.2) is 5.96 Å². The number of aliphatic imine (C=N–C) groups is 1. The van der Waals surface area contributed by atoms with Gasteiger partial charge in [-0.15, -0.1) is 24.0 Å². The molecule has 0 saturated carbocycles. The molecule has 1 aromatic carbocycles. The highest BCUT2D eigenvalue weighted by Gasteiger charge is 2.36. The minimum Gasteiger partial charge on any atom is -0.492 e. The van der Waals surface area contributed by atoms with Crippen LogP contribution in [-0.2, 0) is 20.8 Å². The third kappa shape index (κ3) is 7.21. The van der Waals surface area contributed by atoms with Crippen molar-refractivity contribution in [2.45, 2.75) is 13.5 Å². The van der Waals surface area contributed by atoms with E-state index >= 15 is 0 Å².